The van der Waals surface area contributed by atoms with Gasteiger partial charge in [0.25, 0.3) is 0 Å². The molecule has 0 saturated carbocycles. The molecule has 0 N–H and O–H groups in total. The molecule has 0 saturated heterocycles. The first-order valence-electron chi connectivity index (χ1n) is 6.77. The van der Waals surface area contributed by atoms with Crippen LogP contribution in [0.3, 0.4) is 0 Å². The molecule has 0 radical (unpaired) electrons. The molecular formula is C17H17BrCl2O. The van der Waals surface area contributed by atoms with E-state index < -0.39 is 0 Å². The summed E-state index contributed by atoms with van der Waals surface area (Å²) in [6.07, 6.45) is 0. The Kier molecular flexibility index (Phi) is 5.59. The lowest BCUT2D eigenvalue weighted by Crippen LogP contribution is -2.00. The maximum atomic E-state index is 6.41. The highest BCUT2D eigenvalue weighted by Crippen LogP contribution is 2.41. The summed E-state index contributed by atoms with van der Waals surface area (Å²) in [6, 6.07) is 9.90. The maximum Gasteiger partial charge on any atom is 0.139 e. The van der Waals surface area contributed by atoms with Gasteiger partial charge in [0.15, 0.2) is 0 Å². The van der Waals surface area contributed by atoms with Crippen molar-refractivity contribution in [3.63, 3.8) is 0 Å². The van der Waals surface area contributed by atoms with Gasteiger partial charge >= 0.3 is 0 Å². The summed E-state index contributed by atoms with van der Waals surface area (Å²) in [4.78, 5) is -0.00178. The van der Waals surface area contributed by atoms with Crippen molar-refractivity contribution >= 4 is 39.1 Å². The average molecular weight is 388 g/mol. The third-order valence-electron chi connectivity index (χ3n) is 3.54. The summed E-state index contributed by atoms with van der Waals surface area (Å²) in [5.41, 5.74) is 4.64. The fraction of sp³-hybridized carbons (Fsp3) is 0.294. The van der Waals surface area contributed by atoms with Crippen LogP contribution in [-0.2, 0) is 0 Å². The minimum absolute atomic E-state index is 0.00178. The topological polar surface area (TPSA) is 9.23 Å². The van der Waals surface area contributed by atoms with E-state index in [4.69, 9.17) is 27.9 Å². The van der Waals surface area contributed by atoms with Gasteiger partial charge in [0.1, 0.15) is 5.75 Å². The van der Waals surface area contributed by atoms with Crippen LogP contribution in [-0.4, -0.2) is 6.61 Å². The van der Waals surface area contributed by atoms with E-state index in [2.05, 4.69) is 48.0 Å². The van der Waals surface area contributed by atoms with Crippen molar-refractivity contribution in [2.45, 2.75) is 25.6 Å². The van der Waals surface area contributed by atoms with E-state index in [9.17, 15) is 0 Å². The highest BCUT2D eigenvalue weighted by molar-refractivity contribution is 9.09. The lowest BCUT2D eigenvalue weighted by atomic mass is 9.97. The van der Waals surface area contributed by atoms with Gasteiger partial charge in [-0.2, -0.15) is 0 Å². The molecule has 1 atom stereocenters. The molecule has 0 amide bonds. The van der Waals surface area contributed by atoms with Crippen molar-refractivity contribution in [1.29, 1.82) is 0 Å². The normalized spacial score (nSPS) is 12.3. The zero-order chi connectivity index (χ0) is 15.6. The number of hydrogen-bond donors (Lipinski definition) is 0. The molecule has 2 aromatic rings. The fourth-order valence-corrected chi connectivity index (χ4v) is 3.72. The van der Waals surface area contributed by atoms with Gasteiger partial charge in [-0.15, -0.1) is 0 Å². The van der Waals surface area contributed by atoms with E-state index in [-0.39, 0.29) is 4.83 Å². The molecular weight excluding hydrogens is 371 g/mol. The minimum atomic E-state index is -0.00178. The van der Waals surface area contributed by atoms with Gasteiger partial charge in [-0.05, 0) is 49.1 Å². The van der Waals surface area contributed by atoms with Crippen molar-refractivity contribution in [1.82, 2.24) is 0 Å². The Morgan fingerprint density at radius 2 is 1.81 bits per heavy atom. The SMILES string of the molecule is CCOc1cc(Cl)c(C(Br)c2cccc(C)c2C)cc1Cl. The molecule has 0 spiro atoms. The number of rotatable bonds is 4. The molecule has 0 aromatic heterocycles. The second-order valence-corrected chi connectivity index (χ2v) is 6.62. The Balaban J connectivity index is 2.46. The zero-order valence-electron chi connectivity index (χ0n) is 12.2. The summed E-state index contributed by atoms with van der Waals surface area (Å²) in [5, 5.41) is 1.22. The summed E-state index contributed by atoms with van der Waals surface area (Å²) in [6.45, 7) is 6.69. The monoisotopic (exact) mass is 386 g/mol. The van der Waals surface area contributed by atoms with E-state index in [0.717, 1.165) is 5.56 Å². The van der Waals surface area contributed by atoms with Crippen LogP contribution in [0.5, 0.6) is 5.75 Å². The molecule has 21 heavy (non-hydrogen) atoms. The molecule has 1 unspecified atom stereocenters. The first-order valence-corrected chi connectivity index (χ1v) is 8.44. The van der Waals surface area contributed by atoms with Gasteiger partial charge in [-0.3, -0.25) is 0 Å². The number of halogens is 3. The average Bonchev–Trinajstić information content (AvgIpc) is 2.45. The Morgan fingerprint density at radius 3 is 2.48 bits per heavy atom. The summed E-state index contributed by atoms with van der Waals surface area (Å²) < 4.78 is 5.47. The largest absolute Gasteiger partial charge is 0.492 e. The minimum Gasteiger partial charge on any atom is -0.492 e. The lowest BCUT2D eigenvalue weighted by molar-refractivity contribution is 0.340. The molecule has 2 rings (SSSR count). The van der Waals surface area contributed by atoms with Gasteiger partial charge in [0.05, 0.1) is 16.5 Å². The summed E-state index contributed by atoms with van der Waals surface area (Å²) in [5.74, 6) is 0.619. The number of ether oxygens (including phenoxy) is 1. The van der Waals surface area contributed by atoms with E-state index in [1.165, 1.54) is 16.7 Å². The number of hydrogen-bond acceptors (Lipinski definition) is 1. The van der Waals surface area contributed by atoms with Crippen LogP contribution in [0.1, 0.15) is 34.0 Å². The quantitative estimate of drug-likeness (QED) is 0.544. The van der Waals surface area contributed by atoms with Crippen LogP contribution in [0, 0.1) is 13.8 Å². The fourth-order valence-electron chi connectivity index (χ4n) is 2.22. The van der Waals surface area contributed by atoms with Gasteiger partial charge < -0.3 is 4.74 Å². The van der Waals surface area contributed by atoms with Gasteiger partial charge in [0, 0.05) is 11.1 Å². The van der Waals surface area contributed by atoms with Crippen LogP contribution < -0.4 is 4.74 Å². The van der Waals surface area contributed by atoms with Crippen LogP contribution in [0.25, 0.3) is 0 Å². The number of benzene rings is 2. The summed E-state index contributed by atoms with van der Waals surface area (Å²) in [7, 11) is 0. The van der Waals surface area contributed by atoms with Crippen LogP contribution in [0.2, 0.25) is 10.0 Å². The second-order valence-electron chi connectivity index (χ2n) is 4.89. The molecule has 112 valence electrons. The van der Waals surface area contributed by atoms with Crippen molar-refractivity contribution in [3.8, 4) is 5.75 Å². The highest BCUT2D eigenvalue weighted by atomic mass is 79.9. The van der Waals surface area contributed by atoms with Crippen molar-refractivity contribution in [3.05, 3.63) is 62.6 Å². The summed E-state index contributed by atoms with van der Waals surface area (Å²) >= 11 is 16.4. The lowest BCUT2D eigenvalue weighted by Gasteiger charge is -2.18. The second kappa shape index (κ2) is 7.04. The van der Waals surface area contributed by atoms with E-state index >= 15 is 0 Å². The molecule has 0 fully saturated rings. The van der Waals surface area contributed by atoms with E-state index in [1.54, 1.807) is 6.07 Å². The predicted octanol–water partition coefficient (Wildman–Crippen LogP) is 6.49. The van der Waals surface area contributed by atoms with Gasteiger partial charge in [-0.1, -0.05) is 57.3 Å². The zero-order valence-corrected chi connectivity index (χ0v) is 15.3. The molecule has 0 aliphatic heterocycles. The van der Waals surface area contributed by atoms with E-state index in [0.29, 0.717) is 22.4 Å². The van der Waals surface area contributed by atoms with Gasteiger partial charge in [-0.25, -0.2) is 0 Å². The molecule has 0 bridgehead atoms. The number of aryl methyl sites for hydroxylation is 1. The third-order valence-corrected chi connectivity index (χ3v) is 5.15. The first-order chi connectivity index (χ1) is 9.95. The van der Waals surface area contributed by atoms with Crippen molar-refractivity contribution in [2.75, 3.05) is 6.61 Å². The van der Waals surface area contributed by atoms with Crippen molar-refractivity contribution < 1.29 is 4.74 Å². The molecule has 1 nitrogen and oxygen atoms in total. The van der Waals surface area contributed by atoms with E-state index in [1.807, 2.05) is 13.0 Å². The van der Waals surface area contributed by atoms with Crippen LogP contribution in [0.15, 0.2) is 30.3 Å². The molecule has 0 aliphatic rings. The number of alkyl halides is 1. The maximum absolute atomic E-state index is 6.41. The third kappa shape index (κ3) is 3.56. The first kappa shape index (κ1) is 16.7. The Morgan fingerprint density at radius 1 is 1.10 bits per heavy atom. The van der Waals surface area contributed by atoms with Gasteiger partial charge in [0.2, 0.25) is 0 Å². The molecule has 2 aromatic carbocycles. The predicted molar refractivity (Wildman–Crippen MR) is 94.3 cm³/mol. The van der Waals surface area contributed by atoms with Crippen molar-refractivity contribution in [2.24, 2.45) is 0 Å². The molecule has 0 heterocycles. The Hall–Kier alpha value is -0.700. The van der Waals surface area contributed by atoms with Crippen LogP contribution in [0.4, 0.5) is 0 Å². The smallest absolute Gasteiger partial charge is 0.139 e. The highest BCUT2D eigenvalue weighted by Gasteiger charge is 2.18. The van der Waals surface area contributed by atoms with Crippen LogP contribution >= 0.6 is 39.1 Å². The Bertz CT molecular complexity index is 655. The Labute approximate surface area is 144 Å². The standard InChI is InChI=1S/C17H17BrCl2O/c1-4-21-16-9-14(19)13(8-15(16)20)17(18)12-7-5-6-10(2)11(12)3/h5-9,17H,4H2,1-3H3. The molecule has 4 heteroatoms. The molecule has 0 aliphatic carbocycles.